The number of rotatable bonds is 6. The minimum Gasteiger partial charge on any atom is -0.370 e. The quantitative estimate of drug-likeness (QED) is 0.867. The van der Waals surface area contributed by atoms with Crippen molar-refractivity contribution >= 4 is 0 Å². The van der Waals surface area contributed by atoms with Crippen LogP contribution in [0.2, 0.25) is 0 Å². The van der Waals surface area contributed by atoms with Gasteiger partial charge in [-0.15, -0.1) is 0 Å². The van der Waals surface area contributed by atoms with Gasteiger partial charge in [-0.1, -0.05) is 32.3 Å². The summed E-state index contributed by atoms with van der Waals surface area (Å²) < 4.78 is 11.2. The highest BCUT2D eigenvalue weighted by atomic mass is 16.5. The highest BCUT2D eigenvalue weighted by Crippen LogP contribution is 2.43. The first-order valence-electron chi connectivity index (χ1n) is 7.54. The molecule has 1 saturated carbocycles. The van der Waals surface area contributed by atoms with Gasteiger partial charge in [-0.2, -0.15) is 4.98 Å². The van der Waals surface area contributed by atoms with Crippen LogP contribution in [0, 0.1) is 10.8 Å². The van der Waals surface area contributed by atoms with Gasteiger partial charge in [-0.05, 0) is 37.1 Å². The lowest BCUT2D eigenvalue weighted by atomic mass is 9.67. The summed E-state index contributed by atoms with van der Waals surface area (Å²) in [7, 11) is 0. The molecule has 1 aromatic rings. The third-order valence-corrected chi connectivity index (χ3v) is 4.21. The topological polar surface area (TPSA) is 74.2 Å². The van der Waals surface area contributed by atoms with Gasteiger partial charge in [0.15, 0.2) is 0 Å². The molecule has 1 fully saturated rings. The molecule has 1 unspecified atom stereocenters. The molecule has 1 aromatic heterocycles. The zero-order valence-electron chi connectivity index (χ0n) is 13.1. The molecule has 1 aliphatic rings. The molecule has 0 aliphatic heterocycles. The first-order valence-corrected chi connectivity index (χ1v) is 7.54. The number of nitrogens with zero attached hydrogens (tertiary/aromatic N) is 2. The average molecular weight is 281 g/mol. The Morgan fingerprint density at radius 3 is 2.55 bits per heavy atom. The van der Waals surface area contributed by atoms with E-state index in [-0.39, 0.29) is 16.9 Å². The van der Waals surface area contributed by atoms with Gasteiger partial charge in [0.25, 0.3) is 0 Å². The normalized spacial score (nSPS) is 19.6. The van der Waals surface area contributed by atoms with Crippen molar-refractivity contribution in [3.8, 4) is 0 Å². The van der Waals surface area contributed by atoms with E-state index < -0.39 is 0 Å². The van der Waals surface area contributed by atoms with Crippen molar-refractivity contribution in [1.82, 2.24) is 10.1 Å². The van der Waals surface area contributed by atoms with Crippen LogP contribution in [0.25, 0.3) is 0 Å². The standard InChI is InChI=1S/C15H27N3O2/c1-5-19-12(14(2,3)4)13-17-11(20-18-13)9-15(10-16)7-6-8-15/h12H,5-10,16H2,1-4H3. The van der Waals surface area contributed by atoms with E-state index in [4.69, 9.17) is 15.0 Å². The largest absolute Gasteiger partial charge is 0.370 e. The summed E-state index contributed by atoms with van der Waals surface area (Å²) in [5, 5.41) is 4.13. The van der Waals surface area contributed by atoms with E-state index in [1.807, 2.05) is 6.92 Å². The van der Waals surface area contributed by atoms with E-state index >= 15 is 0 Å². The molecular formula is C15H27N3O2. The SMILES string of the molecule is CCOC(c1noc(CC2(CN)CCC2)n1)C(C)(C)C. The molecular weight excluding hydrogens is 254 g/mol. The third-order valence-electron chi connectivity index (χ3n) is 4.21. The number of hydrogen-bond acceptors (Lipinski definition) is 5. The van der Waals surface area contributed by atoms with Crippen LogP contribution in [0.15, 0.2) is 4.52 Å². The lowest BCUT2D eigenvalue weighted by Gasteiger charge is -2.39. The molecule has 5 nitrogen and oxygen atoms in total. The summed E-state index contributed by atoms with van der Waals surface area (Å²) in [5.74, 6) is 1.35. The summed E-state index contributed by atoms with van der Waals surface area (Å²) in [6.07, 6.45) is 4.23. The Kier molecular flexibility index (Phi) is 4.49. The minimum absolute atomic E-state index is 0.0564. The molecule has 5 heteroatoms. The van der Waals surface area contributed by atoms with Gasteiger partial charge in [-0.25, -0.2) is 0 Å². The number of hydrogen-bond donors (Lipinski definition) is 1. The van der Waals surface area contributed by atoms with Gasteiger partial charge in [0.1, 0.15) is 6.10 Å². The predicted molar refractivity (Wildman–Crippen MR) is 77.2 cm³/mol. The van der Waals surface area contributed by atoms with Crippen LogP contribution < -0.4 is 5.73 Å². The van der Waals surface area contributed by atoms with Gasteiger partial charge >= 0.3 is 0 Å². The number of aromatic nitrogens is 2. The first kappa shape index (κ1) is 15.4. The van der Waals surface area contributed by atoms with E-state index in [0.29, 0.717) is 24.9 Å². The van der Waals surface area contributed by atoms with Crippen molar-refractivity contribution in [2.75, 3.05) is 13.2 Å². The van der Waals surface area contributed by atoms with E-state index in [0.717, 1.165) is 19.3 Å². The maximum atomic E-state index is 5.89. The van der Waals surface area contributed by atoms with Gasteiger partial charge < -0.3 is 15.0 Å². The Hall–Kier alpha value is -0.940. The van der Waals surface area contributed by atoms with Gasteiger partial charge in [0.05, 0.1) is 0 Å². The lowest BCUT2D eigenvalue weighted by Crippen LogP contribution is -2.39. The van der Waals surface area contributed by atoms with Gasteiger partial charge in [0.2, 0.25) is 11.7 Å². The zero-order chi connectivity index (χ0) is 14.8. The maximum Gasteiger partial charge on any atom is 0.227 e. The summed E-state index contributed by atoms with van der Waals surface area (Å²) in [6, 6.07) is 0. The molecule has 0 amide bonds. The van der Waals surface area contributed by atoms with E-state index in [2.05, 4.69) is 30.9 Å². The summed E-state index contributed by atoms with van der Waals surface area (Å²) >= 11 is 0. The molecule has 20 heavy (non-hydrogen) atoms. The van der Waals surface area contributed by atoms with Crippen LogP contribution in [0.1, 0.15) is 64.8 Å². The molecule has 1 atom stereocenters. The van der Waals surface area contributed by atoms with E-state index in [9.17, 15) is 0 Å². The Labute approximate surface area is 121 Å². The Balaban J connectivity index is 2.10. The molecule has 114 valence electrons. The summed E-state index contributed by atoms with van der Waals surface area (Å²) in [5.41, 5.74) is 6.02. The van der Waals surface area contributed by atoms with Crippen molar-refractivity contribution in [2.24, 2.45) is 16.6 Å². The highest BCUT2D eigenvalue weighted by molar-refractivity contribution is 5.01. The molecule has 1 aliphatic carbocycles. The van der Waals surface area contributed by atoms with Crippen LogP contribution >= 0.6 is 0 Å². The average Bonchev–Trinajstić information content (AvgIpc) is 2.77. The van der Waals surface area contributed by atoms with Crippen LogP contribution in [0.3, 0.4) is 0 Å². The van der Waals surface area contributed by atoms with Crippen molar-refractivity contribution in [2.45, 2.75) is 59.5 Å². The third kappa shape index (κ3) is 3.20. The molecule has 0 bridgehead atoms. The Bertz CT molecular complexity index is 427. The fraction of sp³-hybridized carbons (Fsp3) is 0.867. The molecule has 0 spiro atoms. The van der Waals surface area contributed by atoms with Crippen molar-refractivity contribution < 1.29 is 9.26 Å². The number of nitrogens with two attached hydrogens (primary N) is 1. The minimum atomic E-state index is -0.139. The van der Waals surface area contributed by atoms with Crippen LogP contribution in [-0.2, 0) is 11.2 Å². The zero-order valence-corrected chi connectivity index (χ0v) is 13.1. The molecule has 0 radical (unpaired) electrons. The fourth-order valence-electron chi connectivity index (χ4n) is 2.78. The van der Waals surface area contributed by atoms with E-state index in [1.165, 1.54) is 6.42 Å². The Morgan fingerprint density at radius 2 is 2.10 bits per heavy atom. The predicted octanol–water partition coefficient (Wildman–Crippen LogP) is 2.86. The summed E-state index contributed by atoms with van der Waals surface area (Å²) in [6.45, 7) is 9.68. The van der Waals surface area contributed by atoms with Gasteiger partial charge in [0, 0.05) is 13.0 Å². The Morgan fingerprint density at radius 1 is 1.40 bits per heavy atom. The molecule has 1 heterocycles. The molecule has 2 N–H and O–H groups in total. The van der Waals surface area contributed by atoms with Crippen molar-refractivity contribution in [1.29, 1.82) is 0 Å². The second-order valence-electron chi connectivity index (χ2n) is 6.98. The second kappa shape index (κ2) is 5.82. The van der Waals surface area contributed by atoms with Crippen LogP contribution in [0.5, 0.6) is 0 Å². The van der Waals surface area contributed by atoms with Crippen LogP contribution in [0.4, 0.5) is 0 Å². The fourth-order valence-corrected chi connectivity index (χ4v) is 2.78. The lowest BCUT2D eigenvalue weighted by molar-refractivity contribution is -0.0203. The summed E-state index contributed by atoms with van der Waals surface area (Å²) in [4.78, 5) is 4.55. The number of ether oxygens (including phenoxy) is 1. The maximum absolute atomic E-state index is 5.89. The monoisotopic (exact) mass is 281 g/mol. The van der Waals surface area contributed by atoms with Crippen molar-refractivity contribution in [3.63, 3.8) is 0 Å². The second-order valence-corrected chi connectivity index (χ2v) is 6.98. The highest BCUT2D eigenvalue weighted by Gasteiger charge is 2.38. The smallest absolute Gasteiger partial charge is 0.227 e. The van der Waals surface area contributed by atoms with Crippen LogP contribution in [-0.4, -0.2) is 23.3 Å². The van der Waals surface area contributed by atoms with Gasteiger partial charge in [-0.3, -0.25) is 0 Å². The molecule has 0 saturated heterocycles. The van der Waals surface area contributed by atoms with E-state index in [1.54, 1.807) is 0 Å². The molecule has 2 rings (SSSR count). The van der Waals surface area contributed by atoms with Crippen molar-refractivity contribution in [3.05, 3.63) is 11.7 Å². The first-order chi connectivity index (χ1) is 9.40. The molecule has 0 aromatic carbocycles.